The smallest absolute Gasteiger partial charge is 0.267 e. The van der Waals surface area contributed by atoms with E-state index >= 15 is 0 Å². The number of rotatable bonds is 9. The number of nitrogens with one attached hydrogen (secondary N) is 1. The number of hydrogen-bond donors (Lipinski definition) is 1. The fourth-order valence-electron chi connectivity index (χ4n) is 3.22. The first-order valence-corrected chi connectivity index (χ1v) is 11.4. The lowest BCUT2D eigenvalue weighted by Gasteiger charge is -2.12. The zero-order valence-corrected chi connectivity index (χ0v) is 19.1. The highest BCUT2D eigenvalue weighted by atomic mass is 32.2. The van der Waals surface area contributed by atoms with E-state index in [1.807, 2.05) is 13.0 Å². The average Bonchev–Trinajstić information content (AvgIpc) is 3.40. The van der Waals surface area contributed by atoms with Crippen LogP contribution in [-0.2, 0) is 16.1 Å². The van der Waals surface area contributed by atoms with Gasteiger partial charge in [0.25, 0.3) is 11.5 Å². The van der Waals surface area contributed by atoms with Gasteiger partial charge in [-0.3, -0.25) is 18.9 Å². The minimum Gasteiger partial charge on any atom is -0.467 e. The predicted octanol–water partition coefficient (Wildman–Crippen LogP) is 3.53. The van der Waals surface area contributed by atoms with Gasteiger partial charge in [-0.05, 0) is 43.7 Å². The number of carbonyl (C=O) groups is 1. The first-order chi connectivity index (χ1) is 15.6. The van der Waals surface area contributed by atoms with Crippen molar-refractivity contribution in [3.05, 3.63) is 69.4 Å². The molecule has 1 aliphatic rings. The van der Waals surface area contributed by atoms with Crippen molar-refractivity contribution in [2.75, 3.05) is 25.1 Å². The molecule has 0 unspecified atom stereocenters. The average molecular weight is 471 g/mol. The van der Waals surface area contributed by atoms with E-state index in [4.69, 9.17) is 21.4 Å². The largest absolute Gasteiger partial charge is 0.467 e. The number of hydrogen-bond acceptors (Lipinski definition) is 8. The van der Waals surface area contributed by atoms with Crippen LogP contribution in [0.25, 0.3) is 11.7 Å². The summed E-state index contributed by atoms with van der Waals surface area (Å²) >= 11 is 6.55. The number of furan rings is 1. The number of fused-ring (bicyclic) bond motifs is 1. The lowest BCUT2D eigenvalue weighted by atomic mass is 10.2. The van der Waals surface area contributed by atoms with Crippen molar-refractivity contribution in [2.24, 2.45) is 0 Å². The number of carbonyl (C=O) groups excluding carboxylic acids is 1. The van der Waals surface area contributed by atoms with Crippen LogP contribution in [0.15, 0.2) is 56.9 Å². The number of thiocarbonyl (C=S) groups is 1. The molecule has 0 aliphatic carbocycles. The van der Waals surface area contributed by atoms with Gasteiger partial charge in [-0.25, -0.2) is 4.98 Å². The Labute approximate surface area is 194 Å². The molecule has 4 rings (SSSR count). The van der Waals surface area contributed by atoms with E-state index in [2.05, 4.69) is 10.3 Å². The molecule has 0 saturated carbocycles. The van der Waals surface area contributed by atoms with Crippen molar-refractivity contribution < 1.29 is 13.9 Å². The maximum atomic E-state index is 13.2. The lowest BCUT2D eigenvalue weighted by Crippen LogP contribution is -2.27. The van der Waals surface area contributed by atoms with Gasteiger partial charge in [0.2, 0.25) is 0 Å². The molecule has 0 spiro atoms. The van der Waals surface area contributed by atoms with Gasteiger partial charge >= 0.3 is 0 Å². The molecule has 166 valence electrons. The van der Waals surface area contributed by atoms with Crippen molar-refractivity contribution in [1.82, 2.24) is 14.3 Å². The fourth-order valence-corrected chi connectivity index (χ4v) is 4.46. The van der Waals surface area contributed by atoms with Crippen molar-refractivity contribution in [3.63, 3.8) is 0 Å². The molecule has 1 N–H and O–H groups in total. The number of thioether (sulfide) groups is 1. The summed E-state index contributed by atoms with van der Waals surface area (Å²) in [4.78, 5) is 32.7. The minimum absolute atomic E-state index is 0.243. The van der Waals surface area contributed by atoms with Crippen LogP contribution < -0.4 is 10.9 Å². The predicted molar refractivity (Wildman–Crippen MR) is 128 cm³/mol. The summed E-state index contributed by atoms with van der Waals surface area (Å²) in [5, 5.41) is 3.22. The molecule has 1 aliphatic heterocycles. The van der Waals surface area contributed by atoms with Gasteiger partial charge in [-0.1, -0.05) is 30.0 Å². The third-order valence-corrected chi connectivity index (χ3v) is 6.15. The topological polar surface area (TPSA) is 89.1 Å². The van der Waals surface area contributed by atoms with E-state index in [-0.39, 0.29) is 18.0 Å². The summed E-state index contributed by atoms with van der Waals surface area (Å²) < 4.78 is 12.6. The van der Waals surface area contributed by atoms with Crippen LogP contribution in [0, 0.1) is 0 Å². The summed E-state index contributed by atoms with van der Waals surface area (Å²) in [5.41, 5.74) is 0.565. The lowest BCUT2D eigenvalue weighted by molar-refractivity contribution is -0.122. The fraction of sp³-hybridized carbons (Fsp3) is 0.273. The van der Waals surface area contributed by atoms with E-state index in [1.165, 1.54) is 9.30 Å². The minimum atomic E-state index is -0.267. The van der Waals surface area contributed by atoms with Gasteiger partial charge in [0.1, 0.15) is 21.5 Å². The zero-order valence-electron chi connectivity index (χ0n) is 17.4. The van der Waals surface area contributed by atoms with E-state index in [0.29, 0.717) is 51.8 Å². The van der Waals surface area contributed by atoms with Crippen molar-refractivity contribution in [2.45, 2.75) is 19.9 Å². The van der Waals surface area contributed by atoms with Crippen molar-refractivity contribution in [1.29, 1.82) is 0 Å². The Balaban J connectivity index is 1.66. The molecule has 4 heterocycles. The molecule has 3 aromatic rings. The van der Waals surface area contributed by atoms with Crippen LogP contribution in [0.2, 0.25) is 0 Å². The molecule has 10 heteroatoms. The van der Waals surface area contributed by atoms with Crippen molar-refractivity contribution >= 4 is 51.7 Å². The molecule has 0 aromatic carbocycles. The molecule has 1 saturated heterocycles. The monoisotopic (exact) mass is 470 g/mol. The van der Waals surface area contributed by atoms with E-state index in [1.54, 1.807) is 42.8 Å². The second-order valence-corrected chi connectivity index (χ2v) is 8.61. The number of amides is 1. The quantitative estimate of drug-likeness (QED) is 0.289. The third kappa shape index (κ3) is 4.77. The molecule has 32 heavy (non-hydrogen) atoms. The first-order valence-electron chi connectivity index (χ1n) is 10.2. The number of anilines is 1. The van der Waals surface area contributed by atoms with Crippen molar-refractivity contribution in [3.8, 4) is 0 Å². The maximum absolute atomic E-state index is 13.2. The highest BCUT2D eigenvalue weighted by Gasteiger charge is 2.33. The number of ether oxygens (including phenoxy) is 1. The molecule has 0 bridgehead atoms. The van der Waals surface area contributed by atoms with Gasteiger partial charge in [0.15, 0.2) is 0 Å². The number of aromatic nitrogens is 2. The second-order valence-electron chi connectivity index (χ2n) is 6.93. The van der Waals surface area contributed by atoms with Crippen LogP contribution >= 0.6 is 24.0 Å². The Hall–Kier alpha value is -2.95. The molecule has 0 atom stereocenters. The Morgan fingerprint density at radius 1 is 1.28 bits per heavy atom. The normalized spacial score (nSPS) is 15.3. The Kier molecular flexibility index (Phi) is 7.03. The van der Waals surface area contributed by atoms with Gasteiger partial charge < -0.3 is 14.5 Å². The Bertz CT molecular complexity index is 1220. The standard InChI is InChI=1S/C22H22N4O4S2/c1-2-29-11-6-9-23-19-16(20(27)25-10-4-3-8-18(25)24-19)13-17-21(28)26(22(31)32-17)14-15-7-5-12-30-15/h3-5,7-8,10,12-13,23H,2,6,9,11,14H2,1H3. The Morgan fingerprint density at radius 2 is 2.16 bits per heavy atom. The summed E-state index contributed by atoms with van der Waals surface area (Å²) in [6.07, 6.45) is 5.53. The van der Waals surface area contributed by atoms with Crippen LogP contribution in [-0.4, -0.2) is 44.3 Å². The molecule has 0 radical (unpaired) electrons. The highest BCUT2D eigenvalue weighted by Crippen LogP contribution is 2.34. The molecular formula is C22H22N4O4S2. The van der Waals surface area contributed by atoms with Gasteiger partial charge in [-0.15, -0.1) is 0 Å². The molecule has 8 nitrogen and oxygen atoms in total. The molecular weight excluding hydrogens is 448 g/mol. The summed E-state index contributed by atoms with van der Waals surface area (Å²) in [6.45, 7) is 4.03. The molecule has 1 fully saturated rings. The number of pyridine rings is 1. The summed E-state index contributed by atoms with van der Waals surface area (Å²) in [5.74, 6) is 0.789. The van der Waals surface area contributed by atoms with E-state index in [0.717, 1.165) is 18.2 Å². The Morgan fingerprint density at radius 3 is 2.94 bits per heavy atom. The van der Waals surface area contributed by atoms with E-state index in [9.17, 15) is 9.59 Å². The van der Waals surface area contributed by atoms with E-state index < -0.39 is 0 Å². The van der Waals surface area contributed by atoms with Crippen LogP contribution in [0.1, 0.15) is 24.7 Å². The maximum Gasteiger partial charge on any atom is 0.267 e. The summed E-state index contributed by atoms with van der Waals surface area (Å²) in [7, 11) is 0. The SMILES string of the molecule is CCOCCCNc1nc2ccccn2c(=O)c1C=C1SC(=S)N(Cc2ccco2)C1=O. The summed E-state index contributed by atoms with van der Waals surface area (Å²) in [6, 6.07) is 8.89. The van der Waals surface area contributed by atoms with Crippen LogP contribution in [0.4, 0.5) is 5.82 Å². The van der Waals surface area contributed by atoms with Gasteiger partial charge in [0.05, 0.1) is 23.3 Å². The molecule has 1 amide bonds. The second kappa shape index (κ2) is 10.1. The van der Waals surface area contributed by atoms with Crippen LogP contribution in [0.5, 0.6) is 0 Å². The third-order valence-electron chi connectivity index (χ3n) is 4.77. The first kappa shape index (κ1) is 22.3. The number of nitrogens with zero attached hydrogens (tertiary/aromatic N) is 3. The zero-order chi connectivity index (χ0) is 22.5. The van der Waals surface area contributed by atoms with Gasteiger partial charge in [0, 0.05) is 26.0 Å². The highest BCUT2D eigenvalue weighted by molar-refractivity contribution is 8.26. The molecule has 3 aromatic heterocycles. The van der Waals surface area contributed by atoms with Gasteiger partial charge in [-0.2, -0.15) is 0 Å². The van der Waals surface area contributed by atoms with Crippen LogP contribution in [0.3, 0.4) is 0 Å².